The summed E-state index contributed by atoms with van der Waals surface area (Å²) in [5, 5.41) is 0. The summed E-state index contributed by atoms with van der Waals surface area (Å²) >= 11 is 0. The minimum atomic E-state index is -0.209. The summed E-state index contributed by atoms with van der Waals surface area (Å²) in [4.78, 5) is 10.6. The Hall–Kier alpha value is -0.570. The first-order valence-electron chi connectivity index (χ1n) is 3.58. The van der Waals surface area contributed by atoms with E-state index in [0.29, 0.717) is 6.42 Å². The Morgan fingerprint density at radius 2 is 2.20 bits per heavy atom. The van der Waals surface area contributed by atoms with Crippen molar-refractivity contribution in [3.63, 3.8) is 0 Å². The Kier molecular flexibility index (Phi) is 4.94. The molecule has 1 unspecified atom stereocenters. The summed E-state index contributed by atoms with van der Waals surface area (Å²) in [6.07, 6.45) is 0.929. The fraction of sp³-hybridized carbons (Fsp3) is 0.857. The molecule has 0 saturated heterocycles. The van der Waals surface area contributed by atoms with E-state index in [1.807, 2.05) is 6.92 Å². The van der Waals surface area contributed by atoms with Crippen molar-refractivity contribution in [3.8, 4) is 0 Å². The molecule has 0 aliphatic heterocycles. The molecular weight excluding hydrogens is 130 g/mol. The highest BCUT2D eigenvalue weighted by atomic mass is 16.5. The number of esters is 1. The molecule has 0 saturated carbocycles. The average Bonchev–Trinajstić information content (AvgIpc) is 1.99. The quantitative estimate of drug-likeness (QED) is 0.553. The van der Waals surface area contributed by atoms with Crippen LogP contribution >= 0.6 is 0 Å². The highest BCUT2D eigenvalue weighted by Gasteiger charge is 2.07. The van der Waals surface area contributed by atoms with Crippen molar-refractivity contribution in [3.05, 3.63) is 0 Å². The van der Waals surface area contributed by atoms with E-state index in [2.05, 4.69) is 0 Å². The fourth-order valence-electron chi connectivity index (χ4n) is 0.539. The zero-order valence-corrected chi connectivity index (χ0v) is 6.52. The van der Waals surface area contributed by atoms with Crippen LogP contribution in [0.3, 0.4) is 0 Å². The fourth-order valence-corrected chi connectivity index (χ4v) is 0.539. The van der Waals surface area contributed by atoms with Gasteiger partial charge in [0.05, 0.1) is 0 Å². The van der Waals surface area contributed by atoms with Crippen LogP contribution in [-0.4, -0.2) is 18.6 Å². The predicted molar refractivity (Wildman–Crippen MR) is 38.4 cm³/mol. The molecule has 0 aliphatic rings. The van der Waals surface area contributed by atoms with Gasteiger partial charge < -0.3 is 4.74 Å². The number of nitrogens with one attached hydrogen (secondary N) is 1. The van der Waals surface area contributed by atoms with E-state index < -0.39 is 0 Å². The van der Waals surface area contributed by atoms with Gasteiger partial charge in [0.1, 0.15) is 6.10 Å². The molecule has 10 heavy (non-hydrogen) atoms. The van der Waals surface area contributed by atoms with E-state index in [1.165, 1.54) is 0 Å². The highest BCUT2D eigenvalue weighted by Crippen LogP contribution is 1.97. The monoisotopic (exact) mass is 144 g/mol. The Morgan fingerprint density at radius 3 is 2.50 bits per heavy atom. The van der Waals surface area contributed by atoms with E-state index in [9.17, 15) is 4.79 Å². The van der Waals surface area contributed by atoms with Gasteiger partial charge in [0.15, 0.2) is 0 Å². The number of rotatable bonds is 4. The zero-order chi connectivity index (χ0) is 7.98. The summed E-state index contributed by atoms with van der Waals surface area (Å²) in [7, 11) is 0. The Labute approximate surface area is 61.5 Å². The molecule has 0 bridgehead atoms. The van der Waals surface area contributed by atoms with Gasteiger partial charge >= 0.3 is 5.97 Å². The van der Waals surface area contributed by atoms with Crippen LogP contribution in [0.1, 0.15) is 26.7 Å². The van der Waals surface area contributed by atoms with Gasteiger partial charge in [-0.15, -0.1) is 0 Å². The lowest BCUT2D eigenvalue weighted by Crippen LogP contribution is -2.21. The van der Waals surface area contributed by atoms with Gasteiger partial charge in [0.25, 0.3) is 0 Å². The van der Waals surface area contributed by atoms with E-state index in [0.717, 1.165) is 6.42 Å². The molecule has 0 aromatic heterocycles. The molecule has 0 fully saturated rings. The lowest BCUT2D eigenvalue weighted by molar-refractivity contribution is -0.148. The summed E-state index contributed by atoms with van der Waals surface area (Å²) < 4.78 is 4.87. The third kappa shape index (κ3) is 3.45. The van der Waals surface area contributed by atoms with E-state index in [-0.39, 0.29) is 18.6 Å². The standard InChI is InChI=1S/C7H14NO2/c1-3-6(5-8)10-7(9)4-2/h6,8H,3-5H2,1-2H3. The van der Waals surface area contributed by atoms with Crippen LogP contribution in [0.15, 0.2) is 0 Å². The summed E-state index contributed by atoms with van der Waals surface area (Å²) in [5.41, 5.74) is 6.95. The number of ether oxygens (including phenoxy) is 1. The maximum atomic E-state index is 10.6. The Bertz CT molecular complexity index is 99.8. The highest BCUT2D eigenvalue weighted by molar-refractivity contribution is 5.69. The minimum absolute atomic E-state index is 0.169. The zero-order valence-electron chi connectivity index (χ0n) is 6.52. The molecule has 0 aromatic rings. The SMILES string of the molecule is CCC(=O)OC(CC)C[NH]. The van der Waals surface area contributed by atoms with Crippen LogP contribution in [0.4, 0.5) is 0 Å². The topological polar surface area (TPSA) is 50.1 Å². The van der Waals surface area contributed by atoms with Crippen molar-refractivity contribution in [2.75, 3.05) is 6.54 Å². The molecule has 0 heterocycles. The molecular formula is C7H14NO2. The molecule has 3 nitrogen and oxygen atoms in total. The van der Waals surface area contributed by atoms with Crippen LogP contribution in [0, 0.1) is 0 Å². The molecule has 3 heteroatoms. The Morgan fingerprint density at radius 1 is 1.60 bits per heavy atom. The number of carbonyl (C=O) groups is 1. The minimum Gasteiger partial charge on any atom is -0.461 e. The summed E-state index contributed by atoms with van der Waals surface area (Å²) in [6, 6.07) is 0. The van der Waals surface area contributed by atoms with Crippen molar-refractivity contribution in [2.24, 2.45) is 0 Å². The number of hydrogen-bond donors (Lipinski definition) is 0. The predicted octanol–water partition coefficient (Wildman–Crippen LogP) is 1.00. The molecule has 0 aromatic carbocycles. The molecule has 0 spiro atoms. The number of hydrogen-bond acceptors (Lipinski definition) is 2. The van der Waals surface area contributed by atoms with Crippen molar-refractivity contribution < 1.29 is 9.53 Å². The molecule has 0 amide bonds. The molecule has 0 aliphatic carbocycles. The molecule has 1 N–H and O–H groups in total. The second kappa shape index (κ2) is 5.23. The molecule has 1 radical (unpaired) electrons. The normalized spacial score (nSPS) is 12.7. The van der Waals surface area contributed by atoms with Gasteiger partial charge in [-0.25, -0.2) is 0 Å². The van der Waals surface area contributed by atoms with Crippen molar-refractivity contribution in [2.45, 2.75) is 32.8 Å². The lowest BCUT2D eigenvalue weighted by Gasteiger charge is -2.11. The van der Waals surface area contributed by atoms with E-state index >= 15 is 0 Å². The van der Waals surface area contributed by atoms with Crippen LogP contribution in [0.5, 0.6) is 0 Å². The largest absolute Gasteiger partial charge is 0.461 e. The van der Waals surface area contributed by atoms with Crippen molar-refractivity contribution in [1.82, 2.24) is 5.73 Å². The van der Waals surface area contributed by atoms with E-state index in [4.69, 9.17) is 10.5 Å². The lowest BCUT2D eigenvalue weighted by atomic mass is 10.3. The van der Waals surface area contributed by atoms with Crippen LogP contribution in [0.25, 0.3) is 0 Å². The van der Waals surface area contributed by atoms with Gasteiger partial charge in [-0.1, -0.05) is 13.8 Å². The van der Waals surface area contributed by atoms with Gasteiger partial charge in [-0.2, -0.15) is 0 Å². The smallest absolute Gasteiger partial charge is 0.305 e. The number of carbonyl (C=O) groups excluding carboxylic acids is 1. The third-order valence-corrected chi connectivity index (χ3v) is 1.27. The van der Waals surface area contributed by atoms with Crippen molar-refractivity contribution >= 4 is 5.97 Å². The molecule has 0 rings (SSSR count). The van der Waals surface area contributed by atoms with Crippen molar-refractivity contribution in [1.29, 1.82) is 0 Å². The summed E-state index contributed by atoms with van der Waals surface area (Å²) in [5.74, 6) is -0.209. The third-order valence-electron chi connectivity index (χ3n) is 1.27. The van der Waals surface area contributed by atoms with Gasteiger partial charge in [0, 0.05) is 13.0 Å². The first kappa shape index (κ1) is 9.43. The second-order valence-electron chi connectivity index (χ2n) is 2.08. The first-order valence-corrected chi connectivity index (χ1v) is 3.58. The Balaban J connectivity index is 3.52. The van der Waals surface area contributed by atoms with Gasteiger partial charge in [-0.05, 0) is 6.42 Å². The van der Waals surface area contributed by atoms with Crippen LogP contribution in [-0.2, 0) is 9.53 Å². The van der Waals surface area contributed by atoms with Gasteiger partial charge in [-0.3, -0.25) is 10.5 Å². The summed E-state index contributed by atoms with van der Waals surface area (Å²) in [6.45, 7) is 3.82. The first-order chi connectivity index (χ1) is 4.74. The molecule has 1 atom stereocenters. The van der Waals surface area contributed by atoms with E-state index in [1.54, 1.807) is 6.92 Å². The second-order valence-corrected chi connectivity index (χ2v) is 2.08. The maximum Gasteiger partial charge on any atom is 0.305 e. The maximum absolute atomic E-state index is 10.6. The van der Waals surface area contributed by atoms with Crippen LogP contribution in [0.2, 0.25) is 0 Å². The molecule has 59 valence electrons. The van der Waals surface area contributed by atoms with Crippen LogP contribution < -0.4 is 5.73 Å². The average molecular weight is 144 g/mol. The van der Waals surface area contributed by atoms with Gasteiger partial charge in [0.2, 0.25) is 0 Å².